The van der Waals surface area contributed by atoms with Crippen molar-refractivity contribution in [2.24, 2.45) is 11.8 Å². The van der Waals surface area contributed by atoms with Crippen LogP contribution in [0.1, 0.15) is 67.2 Å². The fourth-order valence-electron chi connectivity index (χ4n) is 0.634. The van der Waals surface area contributed by atoms with Crippen LogP contribution >= 0.6 is 0 Å². The third-order valence-electron chi connectivity index (χ3n) is 1.37. The number of rotatable bonds is 1. The Hall–Kier alpha value is -2.72. The van der Waals surface area contributed by atoms with E-state index in [1.807, 2.05) is 13.8 Å². The highest BCUT2D eigenvalue weighted by Gasteiger charge is 2.03. The number of hydrogen-bond donors (Lipinski definition) is 1. The summed E-state index contributed by atoms with van der Waals surface area (Å²) in [4.78, 5) is 3.56. The minimum atomic E-state index is 0.282. The van der Waals surface area contributed by atoms with Crippen molar-refractivity contribution < 1.29 is 9.15 Å². The van der Waals surface area contributed by atoms with E-state index < -0.39 is 0 Å². The first-order valence-electron chi connectivity index (χ1n) is 8.29. The van der Waals surface area contributed by atoms with E-state index in [9.17, 15) is 0 Å². The SMILES string of the molecule is CC(C)C.CC(C)C.CC(C)c1nnno1.c1nc[nH]n1.c1nnon1. The molecular formula is C15H31N9O2. The molecule has 0 aliphatic heterocycles. The lowest BCUT2D eigenvalue weighted by Gasteiger charge is -1.89. The Morgan fingerprint density at radius 2 is 1.50 bits per heavy atom. The fraction of sp³-hybridized carbons (Fsp3) is 0.733. The van der Waals surface area contributed by atoms with E-state index in [0.29, 0.717) is 5.89 Å². The van der Waals surface area contributed by atoms with Crippen LogP contribution < -0.4 is 0 Å². The molecule has 3 aromatic heterocycles. The standard InChI is InChI=1S/C4H7N3O.2C4H10.C2H3N3.CHN3O/c1-3(2)4-5-6-7-8-4;2*1-4(2)3;1-3-2-5-4-1;1-2-4-5-3-1/h3H,1-2H3;2*4H,1-3H3;1-2H,(H,3,4,5);1H. The van der Waals surface area contributed by atoms with Gasteiger partial charge in [-0.2, -0.15) is 5.10 Å². The lowest BCUT2D eigenvalue weighted by molar-refractivity contribution is 0.292. The number of nitrogens with zero attached hydrogens (tertiary/aromatic N) is 8. The smallest absolute Gasteiger partial charge is 0.250 e. The Balaban J connectivity index is 0. The maximum absolute atomic E-state index is 4.62. The summed E-state index contributed by atoms with van der Waals surface area (Å²) < 4.78 is 8.59. The van der Waals surface area contributed by atoms with Gasteiger partial charge in [0.25, 0.3) is 5.89 Å². The van der Waals surface area contributed by atoms with E-state index in [0.717, 1.165) is 11.8 Å². The predicted molar refractivity (Wildman–Crippen MR) is 95.7 cm³/mol. The number of H-pyrrole nitrogens is 1. The Labute approximate surface area is 154 Å². The lowest BCUT2D eigenvalue weighted by Crippen LogP contribution is -1.85. The molecule has 0 aromatic carbocycles. The second-order valence-corrected chi connectivity index (χ2v) is 6.47. The van der Waals surface area contributed by atoms with E-state index in [1.54, 1.807) is 0 Å². The zero-order chi connectivity index (χ0) is 20.2. The monoisotopic (exact) mass is 369 g/mol. The van der Waals surface area contributed by atoms with Crippen LogP contribution in [0.5, 0.6) is 0 Å². The van der Waals surface area contributed by atoms with Gasteiger partial charge in [-0.3, -0.25) is 5.10 Å². The quantitative estimate of drug-likeness (QED) is 0.678. The largest absolute Gasteiger partial charge is 0.320 e. The molecule has 11 nitrogen and oxygen atoms in total. The summed E-state index contributed by atoms with van der Waals surface area (Å²) in [7, 11) is 0. The molecule has 26 heavy (non-hydrogen) atoms. The van der Waals surface area contributed by atoms with Gasteiger partial charge in [-0.25, -0.2) is 9.61 Å². The average Bonchev–Trinajstić information content (AvgIpc) is 3.30. The first kappa shape index (κ1) is 25.5. The first-order valence-corrected chi connectivity index (χ1v) is 8.29. The minimum Gasteiger partial charge on any atom is -0.320 e. The summed E-state index contributed by atoms with van der Waals surface area (Å²) in [5.41, 5.74) is 0. The molecule has 0 amide bonds. The van der Waals surface area contributed by atoms with Crippen molar-refractivity contribution in [3.05, 3.63) is 24.9 Å². The van der Waals surface area contributed by atoms with Crippen LogP contribution in [0.2, 0.25) is 0 Å². The van der Waals surface area contributed by atoms with Crippen molar-refractivity contribution in [1.82, 2.24) is 46.3 Å². The van der Waals surface area contributed by atoms with Gasteiger partial charge in [0.15, 0.2) is 6.33 Å². The summed E-state index contributed by atoms with van der Waals surface area (Å²) >= 11 is 0. The maximum atomic E-state index is 4.62. The molecule has 0 radical (unpaired) electrons. The van der Waals surface area contributed by atoms with E-state index in [-0.39, 0.29) is 5.92 Å². The minimum absolute atomic E-state index is 0.282. The van der Waals surface area contributed by atoms with Gasteiger partial charge in [-0.1, -0.05) is 65.6 Å². The zero-order valence-corrected chi connectivity index (χ0v) is 16.9. The van der Waals surface area contributed by atoms with Crippen LogP contribution in [-0.2, 0) is 0 Å². The number of hydrogen-bond acceptors (Lipinski definition) is 10. The van der Waals surface area contributed by atoms with E-state index in [1.165, 1.54) is 19.0 Å². The fourth-order valence-corrected chi connectivity index (χ4v) is 0.634. The molecule has 3 heterocycles. The summed E-state index contributed by atoms with van der Waals surface area (Å²) in [6.07, 6.45) is 4.18. The van der Waals surface area contributed by atoms with Crippen molar-refractivity contribution in [3.63, 3.8) is 0 Å². The van der Waals surface area contributed by atoms with Gasteiger partial charge < -0.3 is 4.52 Å². The predicted octanol–water partition coefficient (Wildman–Crippen LogP) is 3.18. The third kappa shape index (κ3) is 26.2. The van der Waals surface area contributed by atoms with Crippen molar-refractivity contribution in [1.29, 1.82) is 0 Å². The normalized spacial score (nSPS) is 9.04. The third-order valence-corrected chi connectivity index (χ3v) is 1.37. The highest BCUT2D eigenvalue weighted by atomic mass is 16.6. The van der Waals surface area contributed by atoms with Gasteiger partial charge in [0, 0.05) is 5.92 Å². The lowest BCUT2D eigenvalue weighted by atomic mass is 10.2. The number of aromatic nitrogens is 9. The second-order valence-electron chi connectivity index (χ2n) is 6.47. The Bertz CT molecular complexity index is 466. The molecule has 1 N–H and O–H groups in total. The molecule has 3 aromatic rings. The highest BCUT2D eigenvalue weighted by Crippen LogP contribution is 2.06. The van der Waals surface area contributed by atoms with Gasteiger partial charge in [0.05, 0.1) is 10.5 Å². The molecule has 0 saturated carbocycles. The molecule has 0 fully saturated rings. The summed E-state index contributed by atoms with van der Waals surface area (Å²) in [6.45, 7) is 16.9. The molecule has 0 bridgehead atoms. The number of nitrogens with one attached hydrogen (secondary N) is 1. The molecule has 0 aliphatic carbocycles. The second kappa shape index (κ2) is 18.6. The molecule has 0 saturated heterocycles. The molecule has 3 rings (SSSR count). The van der Waals surface area contributed by atoms with Crippen molar-refractivity contribution >= 4 is 0 Å². The Morgan fingerprint density at radius 3 is 1.65 bits per heavy atom. The summed E-state index contributed by atoms with van der Waals surface area (Å²) in [5.74, 6) is 2.54. The Kier molecular flexibility index (Phi) is 18.3. The maximum Gasteiger partial charge on any atom is 0.250 e. The van der Waals surface area contributed by atoms with Crippen molar-refractivity contribution in [3.8, 4) is 0 Å². The van der Waals surface area contributed by atoms with Gasteiger partial charge in [-0.15, -0.1) is 0 Å². The highest BCUT2D eigenvalue weighted by molar-refractivity contribution is 4.78. The number of aromatic amines is 1. The molecule has 0 spiro atoms. The van der Waals surface area contributed by atoms with Crippen LogP contribution in [-0.4, -0.2) is 46.3 Å². The molecule has 11 heteroatoms. The summed E-state index contributed by atoms with van der Waals surface area (Å²) in [6, 6.07) is 0. The molecule has 0 atom stereocenters. The average molecular weight is 369 g/mol. The van der Waals surface area contributed by atoms with Crippen LogP contribution in [0.3, 0.4) is 0 Å². The van der Waals surface area contributed by atoms with Crippen LogP contribution in [0, 0.1) is 11.8 Å². The molecule has 148 valence electrons. The molecule has 0 aliphatic rings. The first-order chi connectivity index (χ1) is 12.3. The van der Waals surface area contributed by atoms with Crippen LogP contribution in [0.25, 0.3) is 0 Å². The molecular weight excluding hydrogens is 338 g/mol. The van der Waals surface area contributed by atoms with Crippen LogP contribution in [0.4, 0.5) is 0 Å². The van der Waals surface area contributed by atoms with Crippen LogP contribution in [0.15, 0.2) is 28.1 Å². The zero-order valence-electron chi connectivity index (χ0n) is 16.9. The van der Waals surface area contributed by atoms with Gasteiger partial charge in [0.2, 0.25) is 0 Å². The topological polar surface area (TPSA) is 145 Å². The van der Waals surface area contributed by atoms with Gasteiger partial charge >= 0.3 is 0 Å². The van der Waals surface area contributed by atoms with E-state index in [2.05, 4.69) is 97.0 Å². The van der Waals surface area contributed by atoms with E-state index in [4.69, 9.17) is 0 Å². The van der Waals surface area contributed by atoms with Crippen molar-refractivity contribution in [2.45, 2.75) is 61.3 Å². The van der Waals surface area contributed by atoms with Crippen molar-refractivity contribution in [2.75, 3.05) is 0 Å². The molecule has 0 unspecified atom stereocenters. The van der Waals surface area contributed by atoms with E-state index >= 15 is 0 Å². The summed E-state index contributed by atoms with van der Waals surface area (Å²) in [5, 5.41) is 25.4. The van der Waals surface area contributed by atoms with Gasteiger partial charge in [0.1, 0.15) is 12.7 Å². The van der Waals surface area contributed by atoms with Gasteiger partial charge in [-0.05, 0) is 22.2 Å². The Morgan fingerprint density at radius 1 is 0.885 bits per heavy atom.